The number of hydrogen-bond acceptors (Lipinski definition) is 5. The number of esters is 1. The van der Waals surface area contributed by atoms with Crippen LogP contribution >= 0.6 is 0 Å². The van der Waals surface area contributed by atoms with E-state index in [1.165, 1.54) is 13.0 Å². The number of benzene rings is 1. The third-order valence-corrected chi connectivity index (χ3v) is 2.20. The van der Waals surface area contributed by atoms with Crippen molar-refractivity contribution in [2.75, 3.05) is 6.61 Å². The maximum absolute atomic E-state index is 13.4. The number of rotatable bonds is 4. The van der Waals surface area contributed by atoms with Crippen LogP contribution in [-0.4, -0.2) is 17.5 Å². The van der Waals surface area contributed by atoms with Gasteiger partial charge in [0.2, 0.25) is 5.82 Å². The van der Waals surface area contributed by atoms with E-state index in [1.807, 2.05) is 0 Å². The van der Waals surface area contributed by atoms with E-state index in [0.717, 1.165) is 0 Å². The summed E-state index contributed by atoms with van der Waals surface area (Å²) in [6.07, 6.45) is 0. The van der Waals surface area contributed by atoms with E-state index in [9.17, 15) is 23.7 Å². The molecular weight excluding hydrogens is 262 g/mol. The first-order chi connectivity index (χ1) is 8.92. The maximum atomic E-state index is 13.4. The predicted octanol–water partition coefficient (Wildman–Crippen LogP) is 2.04. The van der Waals surface area contributed by atoms with Crippen LogP contribution in [0.3, 0.4) is 0 Å². The molecule has 1 rings (SSSR count). The number of nitrogens with zero attached hydrogens (tertiary/aromatic N) is 2. The van der Waals surface area contributed by atoms with Crippen molar-refractivity contribution in [3.8, 4) is 6.07 Å². The standard InChI is InChI=1S/C11H8F2N2O4/c1-2-19-11(16)8(5-14)7-3-6(12)4-9(13)10(7)15(17)18/h3-4,8H,2H2,1H3. The lowest BCUT2D eigenvalue weighted by molar-refractivity contribution is -0.388. The average Bonchev–Trinajstić information content (AvgIpc) is 2.28. The van der Waals surface area contributed by atoms with E-state index in [0.29, 0.717) is 12.1 Å². The summed E-state index contributed by atoms with van der Waals surface area (Å²) in [5.41, 5.74) is -1.77. The summed E-state index contributed by atoms with van der Waals surface area (Å²) in [5, 5.41) is 19.6. The SMILES string of the molecule is CCOC(=O)C(C#N)c1cc(F)cc(F)c1[N+](=O)[O-]. The molecule has 0 aromatic heterocycles. The van der Waals surface area contributed by atoms with Crippen molar-refractivity contribution < 1.29 is 23.2 Å². The molecule has 0 fully saturated rings. The Morgan fingerprint density at radius 2 is 2.21 bits per heavy atom. The highest BCUT2D eigenvalue weighted by atomic mass is 19.1. The Hall–Kier alpha value is -2.56. The number of halogens is 2. The minimum Gasteiger partial charge on any atom is -0.465 e. The lowest BCUT2D eigenvalue weighted by Gasteiger charge is -2.09. The number of nitriles is 1. The molecule has 0 N–H and O–H groups in total. The van der Waals surface area contributed by atoms with Crippen molar-refractivity contribution >= 4 is 11.7 Å². The van der Waals surface area contributed by atoms with Gasteiger partial charge in [0.1, 0.15) is 5.82 Å². The highest BCUT2D eigenvalue weighted by Gasteiger charge is 2.32. The van der Waals surface area contributed by atoms with Crippen LogP contribution in [0.5, 0.6) is 0 Å². The normalized spacial score (nSPS) is 11.5. The Bertz CT molecular complexity index is 569. The molecule has 100 valence electrons. The van der Waals surface area contributed by atoms with Gasteiger partial charge >= 0.3 is 11.7 Å². The fourth-order valence-electron chi connectivity index (χ4n) is 1.47. The molecule has 1 aromatic carbocycles. The summed E-state index contributed by atoms with van der Waals surface area (Å²) in [4.78, 5) is 21.1. The fraction of sp³-hybridized carbons (Fsp3) is 0.273. The van der Waals surface area contributed by atoms with Crippen molar-refractivity contribution in [2.24, 2.45) is 0 Å². The average molecular weight is 270 g/mol. The smallest absolute Gasteiger partial charge is 0.328 e. The van der Waals surface area contributed by atoms with Crippen LogP contribution in [0.25, 0.3) is 0 Å². The molecule has 0 aliphatic carbocycles. The Morgan fingerprint density at radius 1 is 1.58 bits per heavy atom. The first-order valence-corrected chi connectivity index (χ1v) is 5.12. The molecule has 1 aromatic rings. The molecule has 1 unspecified atom stereocenters. The number of carbonyl (C=O) groups is 1. The van der Waals surface area contributed by atoms with E-state index in [2.05, 4.69) is 4.74 Å². The van der Waals surface area contributed by atoms with Gasteiger partial charge in [0.25, 0.3) is 0 Å². The van der Waals surface area contributed by atoms with Crippen LogP contribution in [0.15, 0.2) is 12.1 Å². The Balaban J connectivity index is 3.43. The number of hydrogen-bond donors (Lipinski definition) is 0. The van der Waals surface area contributed by atoms with E-state index in [1.54, 1.807) is 0 Å². The number of carbonyl (C=O) groups excluding carboxylic acids is 1. The molecular formula is C11H8F2N2O4. The lowest BCUT2D eigenvalue weighted by atomic mass is 9.98. The molecule has 0 radical (unpaired) electrons. The minimum atomic E-state index is -1.76. The summed E-state index contributed by atoms with van der Waals surface area (Å²) in [6.45, 7) is 1.40. The van der Waals surface area contributed by atoms with Gasteiger partial charge in [-0.15, -0.1) is 0 Å². The summed E-state index contributed by atoms with van der Waals surface area (Å²) < 4.78 is 31.0. The third kappa shape index (κ3) is 3.01. The molecule has 0 bridgehead atoms. The zero-order valence-corrected chi connectivity index (χ0v) is 9.72. The molecule has 6 nitrogen and oxygen atoms in total. The first kappa shape index (κ1) is 14.5. The summed E-state index contributed by atoms with van der Waals surface area (Å²) in [5.74, 6) is -5.43. The summed E-state index contributed by atoms with van der Waals surface area (Å²) >= 11 is 0. The zero-order chi connectivity index (χ0) is 14.6. The van der Waals surface area contributed by atoms with Crippen LogP contribution in [0.4, 0.5) is 14.5 Å². The lowest BCUT2D eigenvalue weighted by Crippen LogP contribution is -2.16. The van der Waals surface area contributed by atoms with Crippen LogP contribution < -0.4 is 0 Å². The number of ether oxygens (including phenoxy) is 1. The molecule has 0 aliphatic rings. The molecule has 19 heavy (non-hydrogen) atoms. The number of nitro groups is 1. The second-order valence-corrected chi connectivity index (χ2v) is 3.40. The van der Waals surface area contributed by atoms with Gasteiger partial charge in [0.15, 0.2) is 5.92 Å². The molecule has 0 amide bonds. The number of nitro benzene ring substituents is 1. The quantitative estimate of drug-likeness (QED) is 0.474. The second-order valence-electron chi connectivity index (χ2n) is 3.40. The minimum absolute atomic E-state index is 0.0669. The molecule has 0 heterocycles. The van der Waals surface area contributed by atoms with Crippen molar-refractivity contribution in [3.05, 3.63) is 39.4 Å². The third-order valence-electron chi connectivity index (χ3n) is 2.20. The van der Waals surface area contributed by atoms with Gasteiger partial charge in [-0.05, 0) is 13.0 Å². The largest absolute Gasteiger partial charge is 0.465 e. The fourth-order valence-corrected chi connectivity index (χ4v) is 1.47. The molecule has 0 aliphatic heterocycles. The van der Waals surface area contributed by atoms with Crippen LogP contribution in [-0.2, 0) is 9.53 Å². The Kier molecular flexibility index (Phi) is 4.47. The maximum Gasteiger partial charge on any atom is 0.328 e. The molecule has 0 saturated carbocycles. The van der Waals surface area contributed by atoms with Gasteiger partial charge in [-0.25, -0.2) is 4.39 Å². The van der Waals surface area contributed by atoms with Crippen LogP contribution in [0.1, 0.15) is 18.4 Å². The second kappa shape index (κ2) is 5.86. The van der Waals surface area contributed by atoms with Crippen molar-refractivity contribution in [1.82, 2.24) is 0 Å². The van der Waals surface area contributed by atoms with Crippen molar-refractivity contribution in [2.45, 2.75) is 12.8 Å². The van der Waals surface area contributed by atoms with E-state index < -0.39 is 39.7 Å². The zero-order valence-electron chi connectivity index (χ0n) is 9.72. The van der Waals surface area contributed by atoms with Gasteiger partial charge in [-0.3, -0.25) is 14.9 Å². The van der Waals surface area contributed by atoms with Gasteiger partial charge in [-0.2, -0.15) is 9.65 Å². The molecule has 0 saturated heterocycles. The molecule has 1 atom stereocenters. The van der Waals surface area contributed by atoms with Crippen LogP contribution in [0.2, 0.25) is 0 Å². The van der Waals surface area contributed by atoms with E-state index in [4.69, 9.17) is 5.26 Å². The van der Waals surface area contributed by atoms with E-state index >= 15 is 0 Å². The predicted molar refractivity (Wildman–Crippen MR) is 58.0 cm³/mol. The van der Waals surface area contributed by atoms with Crippen molar-refractivity contribution in [1.29, 1.82) is 5.26 Å². The van der Waals surface area contributed by atoms with Gasteiger partial charge in [0.05, 0.1) is 23.2 Å². The highest BCUT2D eigenvalue weighted by Crippen LogP contribution is 2.31. The Labute approximate surface area is 106 Å². The highest BCUT2D eigenvalue weighted by molar-refractivity contribution is 5.83. The molecule has 8 heteroatoms. The summed E-state index contributed by atoms with van der Waals surface area (Å²) in [7, 11) is 0. The van der Waals surface area contributed by atoms with Gasteiger partial charge in [-0.1, -0.05) is 0 Å². The monoisotopic (exact) mass is 270 g/mol. The topological polar surface area (TPSA) is 93.2 Å². The van der Waals surface area contributed by atoms with Gasteiger partial charge < -0.3 is 4.74 Å². The molecule has 0 spiro atoms. The van der Waals surface area contributed by atoms with Crippen molar-refractivity contribution in [3.63, 3.8) is 0 Å². The first-order valence-electron chi connectivity index (χ1n) is 5.12. The summed E-state index contributed by atoms with van der Waals surface area (Å²) in [6, 6.07) is 2.32. The van der Waals surface area contributed by atoms with Gasteiger partial charge in [0, 0.05) is 6.07 Å². The van der Waals surface area contributed by atoms with Crippen LogP contribution in [0, 0.1) is 33.1 Å². The van der Waals surface area contributed by atoms with E-state index in [-0.39, 0.29) is 6.61 Å². The Morgan fingerprint density at radius 3 is 2.68 bits per heavy atom.